The summed E-state index contributed by atoms with van der Waals surface area (Å²) in [5.74, 6) is 0.803. The third-order valence-corrected chi connectivity index (χ3v) is 5.93. The number of amides is 1. The van der Waals surface area contributed by atoms with Crippen LogP contribution in [-0.2, 0) is 12.0 Å². The van der Waals surface area contributed by atoms with Gasteiger partial charge in [0.2, 0.25) is 0 Å². The first kappa shape index (κ1) is 24.8. The van der Waals surface area contributed by atoms with Gasteiger partial charge in [-0.15, -0.1) is 0 Å². The summed E-state index contributed by atoms with van der Waals surface area (Å²) < 4.78 is 12.1. The van der Waals surface area contributed by atoms with Crippen LogP contribution in [0, 0.1) is 0 Å². The number of hydrogen-bond donors (Lipinski definition) is 1. The molecule has 0 spiro atoms. The molecule has 0 aliphatic heterocycles. The van der Waals surface area contributed by atoms with Gasteiger partial charge in [-0.3, -0.25) is 4.79 Å². The summed E-state index contributed by atoms with van der Waals surface area (Å²) in [5, 5.41) is 4.72. The number of rotatable bonds is 7. The highest BCUT2D eigenvalue weighted by Gasteiger charge is 2.15. The van der Waals surface area contributed by atoms with E-state index in [-0.39, 0.29) is 11.3 Å². The van der Waals surface area contributed by atoms with Crippen LogP contribution in [0.15, 0.2) is 70.2 Å². The third-order valence-electron chi connectivity index (χ3n) is 4.97. The lowest BCUT2D eigenvalue weighted by Crippen LogP contribution is -2.18. The fraction of sp³-hybridized carbons (Fsp3) is 0.231. The summed E-state index contributed by atoms with van der Waals surface area (Å²) in [7, 11) is 1.56. The Hall–Kier alpha value is -2.83. The van der Waals surface area contributed by atoms with Gasteiger partial charge < -0.3 is 9.47 Å². The molecule has 33 heavy (non-hydrogen) atoms. The average Bonchev–Trinajstić information content (AvgIpc) is 2.78. The van der Waals surface area contributed by atoms with Crippen LogP contribution in [-0.4, -0.2) is 19.2 Å². The van der Waals surface area contributed by atoms with E-state index in [9.17, 15) is 4.79 Å². The van der Waals surface area contributed by atoms with Gasteiger partial charge >= 0.3 is 0 Å². The standard InChI is InChI=1S/C26H26BrClN2O3/c1-26(2,3)20-11-9-18(10-12-20)25(31)30-29-15-17-13-21(27)24(23(14-17)32-4)33-16-19-7-5-6-8-22(19)28/h5-15H,16H2,1-4H3,(H,30,31)/b29-15-. The van der Waals surface area contributed by atoms with E-state index in [4.69, 9.17) is 21.1 Å². The van der Waals surface area contributed by atoms with Crippen molar-refractivity contribution in [3.05, 3.63) is 92.4 Å². The van der Waals surface area contributed by atoms with Crippen molar-refractivity contribution in [3.63, 3.8) is 0 Å². The van der Waals surface area contributed by atoms with Crippen LogP contribution in [0.4, 0.5) is 0 Å². The highest BCUT2D eigenvalue weighted by atomic mass is 79.9. The summed E-state index contributed by atoms with van der Waals surface area (Å²) in [5.41, 5.74) is 5.90. The molecule has 0 radical (unpaired) electrons. The first-order valence-electron chi connectivity index (χ1n) is 10.4. The Morgan fingerprint density at radius 3 is 2.45 bits per heavy atom. The quantitative estimate of drug-likeness (QED) is 0.272. The third kappa shape index (κ3) is 6.59. The van der Waals surface area contributed by atoms with E-state index in [0.29, 0.717) is 33.2 Å². The average molecular weight is 530 g/mol. The fourth-order valence-corrected chi connectivity index (χ4v) is 3.84. The summed E-state index contributed by atoms with van der Waals surface area (Å²) in [6.45, 7) is 6.69. The molecule has 0 heterocycles. The SMILES string of the molecule is COc1cc(/C=N\NC(=O)c2ccc(C(C)(C)C)cc2)cc(Br)c1OCc1ccccc1Cl. The van der Waals surface area contributed by atoms with Gasteiger partial charge in [0.05, 0.1) is 17.8 Å². The van der Waals surface area contributed by atoms with Crippen LogP contribution in [0.25, 0.3) is 0 Å². The molecule has 3 aromatic rings. The Morgan fingerprint density at radius 1 is 1.12 bits per heavy atom. The Morgan fingerprint density at radius 2 is 1.82 bits per heavy atom. The number of benzene rings is 3. The highest BCUT2D eigenvalue weighted by Crippen LogP contribution is 2.37. The number of hydrogen-bond acceptors (Lipinski definition) is 4. The van der Waals surface area contributed by atoms with Crippen molar-refractivity contribution in [3.8, 4) is 11.5 Å². The van der Waals surface area contributed by atoms with Crippen LogP contribution < -0.4 is 14.9 Å². The maximum absolute atomic E-state index is 12.4. The molecule has 0 saturated heterocycles. The van der Waals surface area contributed by atoms with Gasteiger partial charge in [-0.1, -0.05) is 62.7 Å². The van der Waals surface area contributed by atoms with Crippen molar-refractivity contribution in [2.75, 3.05) is 7.11 Å². The van der Waals surface area contributed by atoms with E-state index in [1.165, 1.54) is 0 Å². The van der Waals surface area contributed by atoms with E-state index in [1.807, 2.05) is 42.5 Å². The lowest BCUT2D eigenvalue weighted by atomic mass is 9.87. The van der Waals surface area contributed by atoms with Crippen LogP contribution in [0.3, 0.4) is 0 Å². The second-order valence-corrected chi connectivity index (χ2v) is 9.70. The van der Waals surface area contributed by atoms with Gasteiger partial charge in [0, 0.05) is 16.1 Å². The molecule has 0 bridgehead atoms. The zero-order chi connectivity index (χ0) is 24.0. The molecule has 1 amide bonds. The second-order valence-electron chi connectivity index (χ2n) is 8.44. The molecule has 0 fully saturated rings. The Labute approximate surface area is 207 Å². The predicted octanol–water partition coefficient (Wildman–Crippen LogP) is 6.75. The highest BCUT2D eigenvalue weighted by molar-refractivity contribution is 9.10. The minimum absolute atomic E-state index is 0.0306. The number of nitrogens with zero attached hydrogens (tertiary/aromatic N) is 1. The van der Waals surface area contributed by atoms with Gasteiger partial charge in [0.1, 0.15) is 6.61 Å². The molecule has 0 unspecified atom stereocenters. The van der Waals surface area contributed by atoms with Crippen molar-refractivity contribution < 1.29 is 14.3 Å². The molecule has 0 atom stereocenters. The smallest absolute Gasteiger partial charge is 0.271 e. The number of hydrazone groups is 1. The summed E-state index contributed by atoms with van der Waals surface area (Å²) in [6.07, 6.45) is 1.55. The minimum atomic E-state index is -0.280. The Balaban J connectivity index is 1.67. The zero-order valence-electron chi connectivity index (χ0n) is 19.0. The van der Waals surface area contributed by atoms with Crippen LogP contribution in [0.5, 0.6) is 11.5 Å². The van der Waals surface area contributed by atoms with Crippen LogP contribution in [0.2, 0.25) is 5.02 Å². The van der Waals surface area contributed by atoms with Gasteiger partial charge in [0.25, 0.3) is 5.91 Å². The number of carbonyl (C=O) groups excluding carboxylic acids is 1. The van der Waals surface area contributed by atoms with E-state index in [0.717, 1.165) is 16.7 Å². The Kier molecular flexibility index (Phi) is 8.16. The lowest BCUT2D eigenvalue weighted by molar-refractivity contribution is 0.0955. The van der Waals surface area contributed by atoms with Crippen molar-refractivity contribution >= 4 is 39.7 Å². The molecule has 0 aliphatic carbocycles. The van der Waals surface area contributed by atoms with E-state index in [2.05, 4.69) is 47.2 Å². The molecule has 1 N–H and O–H groups in total. The lowest BCUT2D eigenvalue weighted by Gasteiger charge is -2.18. The number of methoxy groups -OCH3 is 1. The van der Waals surface area contributed by atoms with E-state index < -0.39 is 0 Å². The van der Waals surface area contributed by atoms with Crippen molar-refractivity contribution in [1.82, 2.24) is 5.43 Å². The maximum atomic E-state index is 12.4. The molecular formula is C26H26BrClN2O3. The monoisotopic (exact) mass is 528 g/mol. The van der Waals surface area contributed by atoms with Crippen molar-refractivity contribution in [2.45, 2.75) is 32.8 Å². The van der Waals surface area contributed by atoms with Crippen LogP contribution in [0.1, 0.15) is 47.8 Å². The molecule has 0 aromatic heterocycles. The number of nitrogens with one attached hydrogen (secondary N) is 1. The summed E-state index contributed by atoms with van der Waals surface area (Å²) in [4.78, 5) is 12.4. The number of carbonyl (C=O) groups is 1. The first-order valence-corrected chi connectivity index (χ1v) is 11.5. The van der Waals surface area contributed by atoms with Crippen molar-refractivity contribution in [2.24, 2.45) is 5.10 Å². The molecule has 5 nitrogen and oxygen atoms in total. The van der Waals surface area contributed by atoms with Gasteiger partial charge in [-0.25, -0.2) is 5.43 Å². The maximum Gasteiger partial charge on any atom is 0.271 e. The van der Waals surface area contributed by atoms with Crippen molar-refractivity contribution in [1.29, 1.82) is 0 Å². The Bertz CT molecular complexity index is 1160. The predicted molar refractivity (Wildman–Crippen MR) is 137 cm³/mol. The van der Waals surface area contributed by atoms with E-state index >= 15 is 0 Å². The second kappa shape index (κ2) is 10.9. The zero-order valence-corrected chi connectivity index (χ0v) is 21.3. The largest absolute Gasteiger partial charge is 0.493 e. The number of ether oxygens (including phenoxy) is 2. The van der Waals surface area contributed by atoms with Gasteiger partial charge in [0.15, 0.2) is 11.5 Å². The fourth-order valence-electron chi connectivity index (χ4n) is 3.07. The molecule has 3 rings (SSSR count). The summed E-state index contributed by atoms with van der Waals surface area (Å²) in [6, 6.07) is 18.6. The minimum Gasteiger partial charge on any atom is -0.493 e. The van der Waals surface area contributed by atoms with Gasteiger partial charge in [-0.05, 0) is 62.8 Å². The molecule has 7 heteroatoms. The normalized spacial score (nSPS) is 11.5. The molecule has 0 aliphatic rings. The molecular weight excluding hydrogens is 504 g/mol. The summed E-state index contributed by atoms with van der Waals surface area (Å²) >= 11 is 9.73. The topological polar surface area (TPSA) is 59.9 Å². The molecule has 172 valence electrons. The molecule has 0 saturated carbocycles. The van der Waals surface area contributed by atoms with Crippen LogP contribution >= 0.6 is 27.5 Å². The van der Waals surface area contributed by atoms with Gasteiger partial charge in [-0.2, -0.15) is 5.10 Å². The molecule has 3 aromatic carbocycles. The number of halogens is 2. The first-order chi connectivity index (χ1) is 15.7. The van der Waals surface area contributed by atoms with E-state index in [1.54, 1.807) is 31.5 Å².